The van der Waals surface area contributed by atoms with Gasteiger partial charge < -0.3 is 9.84 Å². The highest BCUT2D eigenvalue weighted by atomic mass is 32.2. The minimum absolute atomic E-state index is 0.234. The lowest BCUT2D eigenvalue weighted by Gasteiger charge is -2.17. The van der Waals surface area contributed by atoms with Crippen molar-refractivity contribution >= 4 is 11.8 Å². The SMILES string of the molecule is CNC(C)(C)c1nc(CSc2ccc(F)cc2)no1. The van der Waals surface area contributed by atoms with Crippen molar-refractivity contribution in [3.8, 4) is 0 Å². The van der Waals surface area contributed by atoms with Crippen LogP contribution in [-0.2, 0) is 11.3 Å². The lowest BCUT2D eigenvalue weighted by Crippen LogP contribution is -2.33. The number of rotatable bonds is 5. The largest absolute Gasteiger partial charge is 0.337 e. The molecular formula is C13H16FN3OS. The summed E-state index contributed by atoms with van der Waals surface area (Å²) in [5, 5.41) is 7.05. The average molecular weight is 281 g/mol. The smallest absolute Gasteiger partial charge is 0.246 e. The molecule has 4 nitrogen and oxygen atoms in total. The van der Waals surface area contributed by atoms with E-state index in [1.807, 2.05) is 20.9 Å². The molecule has 0 aliphatic carbocycles. The second-order valence-electron chi connectivity index (χ2n) is 4.63. The van der Waals surface area contributed by atoms with Crippen LogP contribution < -0.4 is 5.32 Å². The van der Waals surface area contributed by atoms with E-state index < -0.39 is 0 Å². The van der Waals surface area contributed by atoms with Gasteiger partial charge in [0, 0.05) is 4.90 Å². The number of halogens is 1. The molecule has 0 radical (unpaired) electrons. The second-order valence-corrected chi connectivity index (χ2v) is 5.68. The fraction of sp³-hybridized carbons (Fsp3) is 0.385. The number of nitrogens with one attached hydrogen (secondary N) is 1. The predicted octanol–water partition coefficient (Wildman–Crippen LogP) is 2.96. The summed E-state index contributed by atoms with van der Waals surface area (Å²) in [6, 6.07) is 6.35. The van der Waals surface area contributed by atoms with Gasteiger partial charge in [0.1, 0.15) is 5.82 Å². The molecule has 0 saturated carbocycles. The molecule has 1 heterocycles. The Morgan fingerprint density at radius 1 is 1.32 bits per heavy atom. The summed E-state index contributed by atoms with van der Waals surface area (Å²) >= 11 is 1.54. The van der Waals surface area contributed by atoms with Crippen LogP contribution in [0.1, 0.15) is 25.6 Å². The monoisotopic (exact) mass is 281 g/mol. The molecule has 1 N–H and O–H groups in total. The third-order valence-electron chi connectivity index (χ3n) is 2.81. The number of benzene rings is 1. The Bertz CT molecular complexity index is 539. The molecular weight excluding hydrogens is 265 g/mol. The van der Waals surface area contributed by atoms with E-state index in [1.54, 1.807) is 23.9 Å². The minimum Gasteiger partial charge on any atom is -0.337 e. The zero-order valence-electron chi connectivity index (χ0n) is 11.1. The van der Waals surface area contributed by atoms with Gasteiger partial charge in [0.25, 0.3) is 0 Å². The zero-order valence-corrected chi connectivity index (χ0v) is 11.9. The molecule has 0 spiro atoms. The van der Waals surface area contributed by atoms with Crippen LogP contribution in [0.4, 0.5) is 4.39 Å². The van der Waals surface area contributed by atoms with Crippen molar-refractivity contribution in [2.45, 2.75) is 30.0 Å². The molecule has 2 rings (SSSR count). The number of nitrogens with zero attached hydrogens (tertiary/aromatic N) is 2. The summed E-state index contributed by atoms with van der Waals surface area (Å²) < 4.78 is 18.0. The quantitative estimate of drug-likeness (QED) is 0.854. The minimum atomic E-state index is -0.341. The third-order valence-corrected chi connectivity index (χ3v) is 3.82. The lowest BCUT2D eigenvalue weighted by molar-refractivity contribution is 0.280. The Hall–Kier alpha value is -1.40. The van der Waals surface area contributed by atoms with E-state index in [0.717, 1.165) is 4.90 Å². The van der Waals surface area contributed by atoms with Crippen molar-refractivity contribution in [2.75, 3.05) is 7.05 Å². The van der Waals surface area contributed by atoms with Crippen LogP contribution in [0.15, 0.2) is 33.7 Å². The van der Waals surface area contributed by atoms with Gasteiger partial charge in [0.2, 0.25) is 5.89 Å². The Kier molecular flexibility index (Phi) is 4.21. The molecule has 0 unspecified atom stereocenters. The van der Waals surface area contributed by atoms with Gasteiger partial charge in [0.05, 0.1) is 11.3 Å². The van der Waals surface area contributed by atoms with Crippen LogP contribution in [-0.4, -0.2) is 17.2 Å². The van der Waals surface area contributed by atoms with Crippen molar-refractivity contribution in [3.63, 3.8) is 0 Å². The maximum Gasteiger partial charge on any atom is 0.246 e. The molecule has 6 heteroatoms. The standard InChI is InChI=1S/C13H16FN3OS/c1-13(2,15-3)12-16-11(17-18-12)8-19-10-6-4-9(14)5-7-10/h4-7,15H,8H2,1-3H3. The van der Waals surface area contributed by atoms with Gasteiger partial charge in [-0.1, -0.05) is 5.16 Å². The topological polar surface area (TPSA) is 51.0 Å². The number of thioether (sulfide) groups is 1. The van der Waals surface area contributed by atoms with Crippen LogP contribution in [0.2, 0.25) is 0 Å². The lowest BCUT2D eigenvalue weighted by atomic mass is 10.1. The molecule has 19 heavy (non-hydrogen) atoms. The average Bonchev–Trinajstić information content (AvgIpc) is 2.88. The van der Waals surface area contributed by atoms with Crippen LogP contribution in [0.3, 0.4) is 0 Å². The fourth-order valence-electron chi connectivity index (χ4n) is 1.35. The molecule has 102 valence electrons. The van der Waals surface area contributed by atoms with Gasteiger partial charge >= 0.3 is 0 Å². The molecule has 0 amide bonds. The van der Waals surface area contributed by atoms with Crippen LogP contribution in [0, 0.1) is 5.82 Å². The summed E-state index contributed by atoms with van der Waals surface area (Å²) in [6.07, 6.45) is 0. The number of aromatic nitrogens is 2. The summed E-state index contributed by atoms with van der Waals surface area (Å²) in [5.74, 6) is 1.55. The Morgan fingerprint density at radius 3 is 2.63 bits per heavy atom. The maximum atomic E-state index is 12.8. The molecule has 1 aromatic heterocycles. The Morgan fingerprint density at radius 2 is 2.00 bits per heavy atom. The van der Waals surface area contributed by atoms with Crippen LogP contribution >= 0.6 is 11.8 Å². The zero-order chi connectivity index (χ0) is 13.9. The summed E-state index contributed by atoms with van der Waals surface area (Å²) in [7, 11) is 1.84. The van der Waals surface area contributed by atoms with E-state index in [0.29, 0.717) is 17.5 Å². The highest BCUT2D eigenvalue weighted by molar-refractivity contribution is 7.98. The van der Waals surface area contributed by atoms with Crippen LogP contribution in [0.5, 0.6) is 0 Å². The molecule has 0 bridgehead atoms. The first-order valence-electron chi connectivity index (χ1n) is 5.91. The highest BCUT2D eigenvalue weighted by Gasteiger charge is 2.25. The van der Waals surface area contributed by atoms with E-state index in [-0.39, 0.29) is 11.4 Å². The molecule has 0 aliphatic rings. The number of hydrogen-bond donors (Lipinski definition) is 1. The van der Waals surface area contributed by atoms with Gasteiger partial charge in [-0.25, -0.2) is 4.39 Å². The molecule has 0 atom stereocenters. The summed E-state index contributed by atoms with van der Waals surface area (Å²) in [4.78, 5) is 5.32. The van der Waals surface area contributed by atoms with Gasteiger partial charge in [0.15, 0.2) is 5.82 Å². The predicted molar refractivity (Wildman–Crippen MR) is 72.3 cm³/mol. The van der Waals surface area contributed by atoms with E-state index in [4.69, 9.17) is 4.52 Å². The van der Waals surface area contributed by atoms with Gasteiger partial charge in [-0.05, 0) is 45.2 Å². The first-order valence-corrected chi connectivity index (χ1v) is 6.90. The maximum absolute atomic E-state index is 12.8. The molecule has 0 saturated heterocycles. The molecule has 0 fully saturated rings. The molecule has 1 aromatic carbocycles. The second kappa shape index (κ2) is 5.71. The summed E-state index contributed by atoms with van der Waals surface area (Å²) in [6.45, 7) is 3.94. The Labute approximate surface area is 115 Å². The number of hydrogen-bond acceptors (Lipinski definition) is 5. The van der Waals surface area contributed by atoms with Crippen molar-refractivity contribution < 1.29 is 8.91 Å². The normalized spacial score (nSPS) is 11.8. The van der Waals surface area contributed by atoms with Crippen molar-refractivity contribution in [2.24, 2.45) is 0 Å². The van der Waals surface area contributed by atoms with E-state index >= 15 is 0 Å². The van der Waals surface area contributed by atoms with Crippen molar-refractivity contribution in [1.29, 1.82) is 0 Å². The summed E-state index contributed by atoms with van der Waals surface area (Å²) in [5.41, 5.74) is -0.341. The van der Waals surface area contributed by atoms with Crippen molar-refractivity contribution in [3.05, 3.63) is 41.8 Å². The first-order chi connectivity index (χ1) is 9.01. The first kappa shape index (κ1) is 14.0. The molecule has 0 aliphatic heterocycles. The third kappa shape index (κ3) is 3.54. The van der Waals surface area contributed by atoms with Crippen LogP contribution in [0.25, 0.3) is 0 Å². The van der Waals surface area contributed by atoms with Gasteiger partial charge in [-0.2, -0.15) is 4.98 Å². The van der Waals surface area contributed by atoms with Gasteiger partial charge in [-0.15, -0.1) is 11.8 Å². The van der Waals surface area contributed by atoms with Crippen molar-refractivity contribution in [1.82, 2.24) is 15.5 Å². The van der Waals surface area contributed by atoms with E-state index in [9.17, 15) is 4.39 Å². The van der Waals surface area contributed by atoms with E-state index in [1.165, 1.54) is 12.1 Å². The van der Waals surface area contributed by atoms with E-state index in [2.05, 4.69) is 15.5 Å². The highest BCUT2D eigenvalue weighted by Crippen LogP contribution is 2.23. The Balaban J connectivity index is 1.99. The van der Waals surface area contributed by atoms with Gasteiger partial charge in [-0.3, -0.25) is 0 Å². The molecule has 2 aromatic rings. The fourth-order valence-corrected chi connectivity index (χ4v) is 2.09.